The number of rotatable bonds is 3. The standard InChI is InChI=1S/C9H9ClN4O2S2/c1-5-12-9(17-13-5)14-18(15,16)8-4-6(11)2-3-7(8)10/h2-4H,11H2,1H3,(H,12,13,14). The van der Waals surface area contributed by atoms with Crippen molar-refractivity contribution in [2.75, 3.05) is 10.5 Å². The van der Waals surface area contributed by atoms with Crippen molar-refractivity contribution in [2.24, 2.45) is 0 Å². The number of halogens is 1. The molecule has 96 valence electrons. The number of benzene rings is 1. The second-order valence-electron chi connectivity index (χ2n) is 3.44. The van der Waals surface area contributed by atoms with Crippen molar-refractivity contribution in [1.29, 1.82) is 0 Å². The molecule has 0 aliphatic carbocycles. The summed E-state index contributed by atoms with van der Waals surface area (Å²) in [5.74, 6) is 0.497. The fourth-order valence-corrected chi connectivity index (χ4v) is 3.57. The maximum Gasteiger partial charge on any atom is 0.265 e. The first kappa shape index (κ1) is 13.1. The van der Waals surface area contributed by atoms with Crippen LogP contribution < -0.4 is 10.5 Å². The van der Waals surface area contributed by atoms with Crippen molar-refractivity contribution in [3.63, 3.8) is 0 Å². The summed E-state index contributed by atoms with van der Waals surface area (Å²) >= 11 is 6.80. The lowest BCUT2D eigenvalue weighted by atomic mass is 10.3. The number of aryl methyl sites for hydroxylation is 1. The van der Waals surface area contributed by atoms with Gasteiger partial charge in [0.2, 0.25) is 5.13 Å². The van der Waals surface area contributed by atoms with Crippen molar-refractivity contribution < 1.29 is 8.42 Å². The molecule has 2 aromatic rings. The lowest BCUT2D eigenvalue weighted by molar-refractivity contribution is 0.601. The largest absolute Gasteiger partial charge is 0.399 e. The minimum absolute atomic E-state index is 0.0861. The number of nitrogens with one attached hydrogen (secondary N) is 1. The van der Waals surface area contributed by atoms with E-state index in [2.05, 4.69) is 14.1 Å². The molecule has 1 heterocycles. The molecular formula is C9H9ClN4O2S2. The van der Waals surface area contributed by atoms with Crippen LogP contribution in [0.1, 0.15) is 5.82 Å². The van der Waals surface area contributed by atoms with Crippen molar-refractivity contribution in [1.82, 2.24) is 9.36 Å². The number of nitrogen functional groups attached to an aromatic ring is 1. The van der Waals surface area contributed by atoms with Gasteiger partial charge in [0.1, 0.15) is 10.7 Å². The van der Waals surface area contributed by atoms with Crippen LogP contribution in [0.2, 0.25) is 5.02 Å². The Labute approximate surface area is 113 Å². The maximum atomic E-state index is 12.1. The van der Waals surface area contributed by atoms with Gasteiger partial charge in [-0.25, -0.2) is 13.4 Å². The highest BCUT2D eigenvalue weighted by Gasteiger charge is 2.20. The smallest absolute Gasteiger partial charge is 0.265 e. The third-order valence-corrected chi connectivity index (χ3v) is 4.67. The molecule has 0 fully saturated rings. The van der Waals surface area contributed by atoms with Crippen molar-refractivity contribution >= 4 is 44.0 Å². The highest BCUT2D eigenvalue weighted by atomic mass is 35.5. The normalized spacial score (nSPS) is 11.4. The molecule has 3 N–H and O–H groups in total. The van der Waals surface area contributed by atoms with Crippen LogP contribution in [0.4, 0.5) is 10.8 Å². The second kappa shape index (κ2) is 4.71. The van der Waals surface area contributed by atoms with Crippen LogP contribution >= 0.6 is 23.1 Å². The summed E-state index contributed by atoms with van der Waals surface area (Å²) in [6.45, 7) is 1.67. The molecule has 0 spiro atoms. The molecule has 1 aromatic carbocycles. The Bertz CT molecular complexity index is 684. The number of nitrogens with zero attached hydrogens (tertiary/aromatic N) is 2. The summed E-state index contributed by atoms with van der Waals surface area (Å²) in [6, 6.07) is 4.24. The molecule has 0 atom stereocenters. The van der Waals surface area contributed by atoms with Crippen LogP contribution in [-0.2, 0) is 10.0 Å². The third-order valence-electron chi connectivity index (χ3n) is 1.99. The summed E-state index contributed by atoms with van der Waals surface area (Å²) in [5.41, 5.74) is 5.86. The van der Waals surface area contributed by atoms with Crippen molar-refractivity contribution in [3.8, 4) is 0 Å². The van der Waals surface area contributed by atoms with Crippen molar-refractivity contribution in [2.45, 2.75) is 11.8 Å². The fraction of sp³-hybridized carbons (Fsp3) is 0.111. The lowest BCUT2D eigenvalue weighted by Crippen LogP contribution is -2.13. The molecule has 0 bridgehead atoms. The van der Waals surface area contributed by atoms with E-state index in [4.69, 9.17) is 17.3 Å². The van der Waals surface area contributed by atoms with E-state index in [1.165, 1.54) is 18.2 Å². The first-order chi connectivity index (χ1) is 8.38. The molecule has 6 nitrogen and oxygen atoms in total. The summed E-state index contributed by atoms with van der Waals surface area (Å²) < 4.78 is 30.3. The lowest BCUT2D eigenvalue weighted by Gasteiger charge is -2.07. The van der Waals surface area contributed by atoms with E-state index in [0.717, 1.165) is 11.5 Å². The zero-order valence-corrected chi connectivity index (χ0v) is 11.6. The Hall–Kier alpha value is -1.38. The number of hydrogen-bond donors (Lipinski definition) is 2. The quantitative estimate of drug-likeness (QED) is 0.844. The van der Waals surface area contributed by atoms with Gasteiger partial charge in [-0.05, 0) is 25.1 Å². The number of sulfonamides is 1. The van der Waals surface area contributed by atoms with Crippen LogP contribution in [-0.4, -0.2) is 17.8 Å². The molecule has 0 unspecified atom stereocenters. The zero-order chi connectivity index (χ0) is 13.3. The summed E-state index contributed by atoms with van der Waals surface area (Å²) in [4.78, 5) is 3.83. The van der Waals surface area contributed by atoms with Gasteiger partial charge in [-0.3, -0.25) is 4.72 Å². The van der Waals surface area contributed by atoms with Gasteiger partial charge in [0, 0.05) is 17.2 Å². The van der Waals surface area contributed by atoms with E-state index in [0.29, 0.717) is 11.5 Å². The second-order valence-corrected chi connectivity index (χ2v) is 6.25. The molecule has 0 aliphatic rings. The summed E-state index contributed by atoms with van der Waals surface area (Å²) in [7, 11) is -3.81. The van der Waals surface area contributed by atoms with Gasteiger partial charge < -0.3 is 5.73 Å². The molecule has 18 heavy (non-hydrogen) atoms. The van der Waals surface area contributed by atoms with Gasteiger partial charge in [0.05, 0.1) is 5.02 Å². The zero-order valence-electron chi connectivity index (χ0n) is 9.21. The van der Waals surface area contributed by atoms with E-state index in [1.54, 1.807) is 6.92 Å². The molecule has 2 rings (SSSR count). The van der Waals surface area contributed by atoms with Gasteiger partial charge in [0.15, 0.2) is 0 Å². The Morgan fingerprint density at radius 1 is 1.44 bits per heavy atom. The van der Waals surface area contributed by atoms with Gasteiger partial charge in [-0.15, -0.1) is 0 Å². The summed E-state index contributed by atoms with van der Waals surface area (Å²) in [5, 5.41) is 0.281. The van der Waals surface area contributed by atoms with Crippen LogP contribution in [0, 0.1) is 6.92 Å². The fourth-order valence-electron chi connectivity index (χ4n) is 1.23. The van der Waals surface area contributed by atoms with E-state index >= 15 is 0 Å². The Morgan fingerprint density at radius 2 is 2.17 bits per heavy atom. The monoisotopic (exact) mass is 304 g/mol. The molecule has 0 saturated heterocycles. The first-order valence-corrected chi connectivity index (χ1v) is 7.40. The predicted octanol–water partition coefficient (Wildman–Crippen LogP) is 1.88. The minimum Gasteiger partial charge on any atom is -0.399 e. The third kappa shape index (κ3) is 2.71. The van der Waals surface area contributed by atoms with Gasteiger partial charge in [-0.1, -0.05) is 11.6 Å². The average Bonchev–Trinajstić information content (AvgIpc) is 2.66. The van der Waals surface area contributed by atoms with Crippen molar-refractivity contribution in [3.05, 3.63) is 29.0 Å². The molecule has 0 amide bonds. The SMILES string of the molecule is Cc1nsc(NS(=O)(=O)c2cc(N)ccc2Cl)n1. The van der Waals surface area contributed by atoms with Crippen LogP contribution in [0.25, 0.3) is 0 Å². The maximum absolute atomic E-state index is 12.1. The Balaban J connectivity index is 2.39. The molecule has 0 saturated carbocycles. The van der Waals surface area contributed by atoms with Gasteiger partial charge in [0.25, 0.3) is 10.0 Å². The van der Waals surface area contributed by atoms with E-state index in [9.17, 15) is 8.42 Å². The van der Waals surface area contributed by atoms with E-state index in [-0.39, 0.29) is 15.0 Å². The Morgan fingerprint density at radius 3 is 2.78 bits per heavy atom. The van der Waals surface area contributed by atoms with Gasteiger partial charge >= 0.3 is 0 Å². The van der Waals surface area contributed by atoms with E-state index in [1.807, 2.05) is 0 Å². The number of nitrogens with two attached hydrogens (primary N) is 1. The summed E-state index contributed by atoms with van der Waals surface area (Å²) in [6.07, 6.45) is 0. The minimum atomic E-state index is -3.81. The molecule has 0 aliphatic heterocycles. The molecule has 1 aromatic heterocycles. The number of hydrogen-bond acceptors (Lipinski definition) is 6. The number of anilines is 2. The van der Waals surface area contributed by atoms with Crippen LogP contribution in [0.3, 0.4) is 0 Å². The average molecular weight is 305 g/mol. The highest BCUT2D eigenvalue weighted by molar-refractivity contribution is 7.93. The van der Waals surface area contributed by atoms with E-state index < -0.39 is 10.0 Å². The molecule has 0 radical (unpaired) electrons. The Kier molecular flexibility index (Phi) is 3.42. The number of aromatic nitrogens is 2. The topological polar surface area (TPSA) is 98.0 Å². The molecule has 9 heteroatoms. The van der Waals surface area contributed by atoms with Crippen LogP contribution in [0.5, 0.6) is 0 Å². The first-order valence-electron chi connectivity index (χ1n) is 4.76. The van der Waals surface area contributed by atoms with Crippen LogP contribution in [0.15, 0.2) is 23.1 Å². The molecular weight excluding hydrogens is 296 g/mol. The predicted molar refractivity (Wildman–Crippen MR) is 71.3 cm³/mol. The highest BCUT2D eigenvalue weighted by Crippen LogP contribution is 2.26. The van der Waals surface area contributed by atoms with Gasteiger partial charge in [-0.2, -0.15) is 4.37 Å².